The van der Waals surface area contributed by atoms with E-state index >= 15 is 0 Å². The minimum Gasteiger partial charge on any atom is -0.382 e. The van der Waals surface area contributed by atoms with Crippen molar-refractivity contribution in [3.63, 3.8) is 0 Å². The first-order valence-electron chi connectivity index (χ1n) is 8.00. The summed E-state index contributed by atoms with van der Waals surface area (Å²) in [7, 11) is 4.05. The summed E-state index contributed by atoms with van der Waals surface area (Å²) in [6, 6.07) is 0.790. The Morgan fingerprint density at radius 1 is 1.25 bits per heavy atom. The number of likely N-dealkylation sites (N-methyl/N-ethyl adjacent to an activating group) is 1. The van der Waals surface area contributed by atoms with E-state index in [1.54, 1.807) is 0 Å². The van der Waals surface area contributed by atoms with Gasteiger partial charge in [-0.15, -0.1) is 0 Å². The van der Waals surface area contributed by atoms with Gasteiger partial charge in [0.2, 0.25) is 0 Å². The maximum atomic E-state index is 5.31. The molecule has 0 aromatic rings. The molecule has 0 unspecified atom stereocenters. The predicted octanol–water partition coefficient (Wildman–Crippen LogP) is 1.45. The number of hydrogen-bond acceptors (Lipinski definition) is 3. The van der Waals surface area contributed by atoms with Crippen molar-refractivity contribution in [1.29, 1.82) is 0 Å². The van der Waals surface area contributed by atoms with Gasteiger partial charge in [0.05, 0.1) is 0 Å². The highest BCUT2D eigenvalue weighted by atomic mass is 16.5. The number of hydrogen-bond donors (Lipinski definition) is 2. The Labute approximate surface area is 124 Å². The second kappa shape index (κ2) is 10.9. The summed E-state index contributed by atoms with van der Waals surface area (Å²) < 4.78 is 5.31. The quantitative estimate of drug-likeness (QED) is 0.382. The third-order valence-corrected chi connectivity index (χ3v) is 3.89. The van der Waals surface area contributed by atoms with E-state index in [4.69, 9.17) is 4.74 Å². The molecule has 1 rings (SSSR count). The molecule has 1 aliphatic carbocycles. The molecule has 20 heavy (non-hydrogen) atoms. The van der Waals surface area contributed by atoms with Crippen molar-refractivity contribution in [2.24, 2.45) is 4.99 Å². The smallest absolute Gasteiger partial charge is 0.191 e. The van der Waals surface area contributed by atoms with Gasteiger partial charge in [0, 0.05) is 45.9 Å². The Morgan fingerprint density at radius 2 is 1.95 bits per heavy atom. The van der Waals surface area contributed by atoms with Gasteiger partial charge in [-0.25, -0.2) is 0 Å². The molecule has 1 fully saturated rings. The van der Waals surface area contributed by atoms with Gasteiger partial charge < -0.3 is 20.3 Å². The SMILES string of the molecule is CCOCCCNC(=NC)NCCN(C)C1CCCC1. The standard InChI is InChI=1S/C15H32N4O/c1-4-20-13-7-10-17-15(16-2)18-11-12-19(3)14-8-5-6-9-14/h14H,4-13H2,1-3H3,(H2,16,17,18). The normalized spacial score (nSPS) is 16.9. The molecule has 0 radical (unpaired) electrons. The van der Waals surface area contributed by atoms with E-state index < -0.39 is 0 Å². The molecular weight excluding hydrogens is 252 g/mol. The van der Waals surface area contributed by atoms with Crippen LogP contribution in [0.5, 0.6) is 0 Å². The molecule has 1 saturated carbocycles. The molecule has 0 aromatic heterocycles. The summed E-state index contributed by atoms with van der Waals surface area (Å²) in [4.78, 5) is 6.71. The predicted molar refractivity (Wildman–Crippen MR) is 85.4 cm³/mol. The van der Waals surface area contributed by atoms with E-state index in [0.29, 0.717) is 0 Å². The van der Waals surface area contributed by atoms with Crippen molar-refractivity contribution >= 4 is 5.96 Å². The van der Waals surface area contributed by atoms with Gasteiger partial charge in [-0.3, -0.25) is 4.99 Å². The van der Waals surface area contributed by atoms with Crippen molar-refractivity contribution in [1.82, 2.24) is 15.5 Å². The van der Waals surface area contributed by atoms with Gasteiger partial charge in [0.1, 0.15) is 0 Å². The lowest BCUT2D eigenvalue weighted by atomic mass is 10.2. The summed E-state index contributed by atoms with van der Waals surface area (Å²) in [6.45, 7) is 6.54. The van der Waals surface area contributed by atoms with Crippen LogP contribution in [0.2, 0.25) is 0 Å². The Hall–Kier alpha value is -0.810. The van der Waals surface area contributed by atoms with Crippen LogP contribution >= 0.6 is 0 Å². The van der Waals surface area contributed by atoms with E-state index in [1.165, 1.54) is 25.7 Å². The molecule has 1 aliphatic rings. The summed E-state index contributed by atoms with van der Waals surface area (Å²) in [5.74, 6) is 0.890. The van der Waals surface area contributed by atoms with E-state index in [0.717, 1.165) is 51.3 Å². The van der Waals surface area contributed by atoms with Crippen LogP contribution in [0.1, 0.15) is 39.0 Å². The van der Waals surface area contributed by atoms with Crippen LogP contribution in [-0.4, -0.2) is 63.8 Å². The first-order chi connectivity index (χ1) is 9.77. The Morgan fingerprint density at radius 3 is 2.60 bits per heavy atom. The molecule has 0 aromatic carbocycles. The molecule has 0 heterocycles. The van der Waals surface area contributed by atoms with Crippen LogP contribution in [-0.2, 0) is 4.74 Å². The van der Waals surface area contributed by atoms with Crippen LogP contribution in [0.4, 0.5) is 0 Å². The number of guanidine groups is 1. The number of nitrogens with zero attached hydrogens (tertiary/aromatic N) is 2. The number of rotatable bonds is 9. The third-order valence-electron chi connectivity index (χ3n) is 3.89. The molecule has 5 heteroatoms. The van der Waals surface area contributed by atoms with E-state index in [1.807, 2.05) is 14.0 Å². The lowest BCUT2D eigenvalue weighted by Crippen LogP contribution is -2.42. The van der Waals surface area contributed by atoms with Crippen molar-refractivity contribution in [2.75, 3.05) is 46.9 Å². The largest absolute Gasteiger partial charge is 0.382 e. The summed E-state index contributed by atoms with van der Waals surface area (Å²) in [6.07, 6.45) is 6.52. The minimum atomic E-state index is 0.790. The van der Waals surface area contributed by atoms with Gasteiger partial charge in [0.25, 0.3) is 0 Å². The van der Waals surface area contributed by atoms with Crippen molar-refractivity contribution in [2.45, 2.75) is 45.1 Å². The molecule has 0 amide bonds. The molecular formula is C15H32N4O. The zero-order valence-electron chi connectivity index (χ0n) is 13.5. The van der Waals surface area contributed by atoms with Gasteiger partial charge in [0.15, 0.2) is 5.96 Å². The fourth-order valence-corrected chi connectivity index (χ4v) is 2.62. The van der Waals surface area contributed by atoms with Crippen LogP contribution in [0, 0.1) is 0 Å². The topological polar surface area (TPSA) is 48.9 Å². The molecule has 0 spiro atoms. The first-order valence-corrected chi connectivity index (χ1v) is 8.00. The van der Waals surface area contributed by atoms with Gasteiger partial charge in [-0.1, -0.05) is 12.8 Å². The molecule has 0 aliphatic heterocycles. The molecule has 5 nitrogen and oxygen atoms in total. The maximum absolute atomic E-state index is 5.31. The summed E-state index contributed by atoms with van der Waals surface area (Å²) in [5, 5.41) is 6.68. The van der Waals surface area contributed by atoms with E-state index in [-0.39, 0.29) is 0 Å². The number of ether oxygens (including phenoxy) is 1. The van der Waals surface area contributed by atoms with Gasteiger partial charge >= 0.3 is 0 Å². The fraction of sp³-hybridized carbons (Fsp3) is 0.933. The first kappa shape index (κ1) is 17.2. The highest BCUT2D eigenvalue weighted by Crippen LogP contribution is 2.21. The average Bonchev–Trinajstić information content (AvgIpc) is 2.99. The van der Waals surface area contributed by atoms with Crippen molar-refractivity contribution in [3.05, 3.63) is 0 Å². The van der Waals surface area contributed by atoms with Gasteiger partial charge in [-0.2, -0.15) is 0 Å². The third kappa shape index (κ3) is 7.10. The highest BCUT2D eigenvalue weighted by molar-refractivity contribution is 5.79. The summed E-state index contributed by atoms with van der Waals surface area (Å²) >= 11 is 0. The average molecular weight is 284 g/mol. The van der Waals surface area contributed by atoms with Crippen LogP contribution < -0.4 is 10.6 Å². The number of aliphatic imine (C=N–C) groups is 1. The minimum absolute atomic E-state index is 0.790. The highest BCUT2D eigenvalue weighted by Gasteiger charge is 2.18. The second-order valence-corrected chi connectivity index (χ2v) is 5.40. The lowest BCUT2D eigenvalue weighted by Gasteiger charge is -2.24. The van der Waals surface area contributed by atoms with Gasteiger partial charge in [-0.05, 0) is 33.2 Å². The Balaban J connectivity index is 2.05. The number of nitrogens with one attached hydrogen (secondary N) is 2. The lowest BCUT2D eigenvalue weighted by molar-refractivity contribution is 0.145. The van der Waals surface area contributed by atoms with E-state index in [9.17, 15) is 0 Å². The Kier molecular flexibility index (Phi) is 9.41. The van der Waals surface area contributed by atoms with Crippen molar-refractivity contribution in [3.8, 4) is 0 Å². The van der Waals surface area contributed by atoms with Crippen LogP contribution in [0.15, 0.2) is 4.99 Å². The molecule has 0 saturated heterocycles. The molecule has 0 bridgehead atoms. The van der Waals surface area contributed by atoms with Crippen LogP contribution in [0.3, 0.4) is 0 Å². The molecule has 2 N–H and O–H groups in total. The fourth-order valence-electron chi connectivity index (χ4n) is 2.62. The molecule has 0 atom stereocenters. The zero-order chi connectivity index (χ0) is 14.6. The monoisotopic (exact) mass is 284 g/mol. The van der Waals surface area contributed by atoms with Crippen molar-refractivity contribution < 1.29 is 4.74 Å². The molecule has 118 valence electrons. The Bertz CT molecular complexity index is 265. The second-order valence-electron chi connectivity index (χ2n) is 5.40. The summed E-state index contributed by atoms with van der Waals surface area (Å²) in [5.41, 5.74) is 0. The van der Waals surface area contributed by atoms with E-state index in [2.05, 4.69) is 27.6 Å². The maximum Gasteiger partial charge on any atom is 0.191 e. The van der Waals surface area contributed by atoms with Crippen LogP contribution in [0.25, 0.3) is 0 Å². The zero-order valence-corrected chi connectivity index (χ0v) is 13.5.